The largest absolute Gasteiger partial charge is 0.467 e. The van der Waals surface area contributed by atoms with E-state index in [0.29, 0.717) is 22.3 Å². The van der Waals surface area contributed by atoms with Crippen LogP contribution in [-0.4, -0.2) is 35.0 Å². The van der Waals surface area contributed by atoms with Crippen LogP contribution >= 0.6 is 23.6 Å². The van der Waals surface area contributed by atoms with Crippen molar-refractivity contribution in [2.24, 2.45) is 0 Å². The molecule has 0 saturated heterocycles. The molecule has 0 unspecified atom stereocenters. The normalized spacial score (nSPS) is 11.0. The molecule has 0 aromatic carbocycles. The maximum absolute atomic E-state index is 11.2. The summed E-state index contributed by atoms with van der Waals surface area (Å²) in [6.45, 7) is 6.08. The molecule has 0 saturated carbocycles. The Morgan fingerprint density at radius 3 is 2.82 bits per heavy atom. The zero-order valence-electron chi connectivity index (χ0n) is 9.90. The molecule has 0 aliphatic heterocycles. The van der Waals surface area contributed by atoms with Gasteiger partial charge in [0.1, 0.15) is 12.2 Å². The van der Waals surface area contributed by atoms with Crippen LogP contribution in [0.4, 0.5) is 4.79 Å². The highest BCUT2D eigenvalue weighted by atomic mass is 32.1. The van der Waals surface area contributed by atoms with Crippen LogP contribution in [0, 0.1) is 3.95 Å². The molecule has 0 radical (unpaired) electrons. The molecule has 8 heteroatoms. The van der Waals surface area contributed by atoms with Gasteiger partial charge in [-0.3, -0.25) is 5.10 Å². The average Bonchev–Trinajstić information content (AvgIpc) is 2.56. The van der Waals surface area contributed by atoms with Crippen molar-refractivity contribution < 1.29 is 14.3 Å². The van der Waals surface area contributed by atoms with E-state index in [1.807, 2.05) is 0 Å². The molecule has 0 spiro atoms. The molecular weight excluding hydrogens is 262 g/mol. The van der Waals surface area contributed by atoms with Crippen LogP contribution in [0.15, 0.2) is 0 Å². The Morgan fingerprint density at radius 1 is 1.59 bits per heavy atom. The lowest BCUT2D eigenvalue weighted by atomic mass is 10.2. The molecule has 1 aromatic rings. The monoisotopic (exact) mass is 277 g/mol. The van der Waals surface area contributed by atoms with Crippen molar-refractivity contribution in [1.29, 1.82) is 0 Å². The molecular formula is C9H15N3O3S2. The fourth-order valence-electron chi connectivity index (χ4n) is 0.884. The summed E-state index contributed by atoms with van der Waals surface area (Å²) in [7, 11) is 0. The maximum Gasteiger partial charge on any atom is 0.407 e. The van der Waals surface area contributed by atoms with E-state index < -0.39 is 11.7 Å². The number of carbonyl (C=O) groups excluding carboxylic acids is 1. The smallest absolute Gasteiger partial charge is 0.407 e. The Hall–Kier alpha value is -1.15. The summed E-state index contributed by atoms with van der Waals surface area (Å²) in [6, 6.07) is 0. The van der Waals surface area contributed by atoms with Crippen molar-refractivity contribution in [1.82, 2.24) is 15.5 Å². The first kappa shape index (κ1) is 13.9. The Balaban J connectivity index is 2.16. The third kappa shape index (κ3) is 6.22. The van der Waals surface area contributed by atoms with E-state index in [1.165, 1.54) is 11.3 Å². The second kappa shape index (κ2) is 5.97. The van der Waals surface area contributed by atoms with Gasteiger partial charge in [0.25, 0.3) is 5.19 Å². The number of nitrogens with one attached hydrogen (secondary N) is 2. The van der Waals surface area contributed by atoms with Crippen molar-refractivity contribution in [3.63, 3.8) is 0 Å². The number of amides is 1. The first-order valence-electron chi connectivity index (χ1n) is 5.02. The average molecular weight is 277 g/mol. The van der Waals surface area contributed by atoms with Gasteiger partial charge in [-0.15, -0.1) is 5.10 Å². The van der Waals surface area contributed by atoms with E-state index in [1.54, 1.807) is 20.8 Å². The molecule has 0 atom stereocenters. The number of carbonyl (C=O) groups is 1. The minimum absolute atomic E-state index is 0.315. The number of aromatic nitrogens is 2. The molecule has 0 aliphatic rings. The lowest BCUT2D eigenvalue weighted by Gasteiger charge is -2.19. The summed E-state index contributed by atoms with van der Waals surface area (Å²) in [5, 5.41) is 9.44. The number of H-pyrrole nitrogens is 1. The van der Waals surface area contributed by atoms with Crippen LogP contribution in [0.1, 0.15) is 20.8 Å². The molecule has 0 bridgehead atoms. The van der Waals surface area contributed by atoms with Gasteiger partial charge in [-0.1, -0.05) is 0 Å². The number of nitrogens with zero attached hydrogens (tertiary/aromatic N) is 1. The number of hydrogen-bond donors (Lipinski definition) is 2. The van der Waals surface area contributed by atoms with E-state index in [9.17, 15) is 4.79 Å². The van der Waals surface area contributed by atoms with Crippen molar-refractivity contribution in [2.75, 3.05) is 13.2 Å². The third-order valence-corrected chi connectivity index (χ3v) is 2.42. The van der Waals surface area contributed by atoms with Crippen molar-refractivity contribution in [3.8, 4) is 5.19 Å². The van der Waals surface area contributed by atoms with Gasteiger partial charge in [-0.25, -0.2) is 4.79 Å². The van der Waals surface area contributed by atoms with Gasteiger partial charge in [-0.05, 0) is 44.3 Å². The SMILES string of the molecule is CC(C)(C)OC(=O)NCCOc1n[nH]c(=S)s1. The molecule has 17 heavy (non-hydrogen) atoms. The van der Waals surface area contributed by atoms with Crippen LogP contribution in [0.5, 0.6) is 5.19 Å². The third-order valence-electron chi connectivity index (χ3n) is 1.41. The highest BCUT2D eigenvalue weighted by Gasteiger charge is 2.15. The molecule has 0 fully saturated rings. The fourth-order valence-corrected chi connectivity index (χ4v) is 1.63. The summed E-state index contributed by atoms with van der Waals surface area (Å²) in [4.78, 5) is 11.2. The first-order chi connectivity index (χ1) is 7.87. The van der Waals surface area contributed by atoms with Gasteiger partial charge in [-0.2, -0.15) is 0 Å². The number of hydrogen-bond acceptors (Lipinski definition) is 6. The van der Waals surface area contributed by atoms with Gasteiger partial charge in [0.15, 0.2) is 3.95 Å². The van der Waals surface area contributed by atoms with E-state index >= 15 is 0 Å². The lowest BCUT2D eigenvalue weighted by molar-refractivity contribution is 0.0520. The molecule has 6 nitrogen and oxygen atoms in total. The quantitative estimate of drug-likeness (QED) is 0.651. The highest BCUT2D eigenvalue weighted by molar-refractivity contribution is 7.73. The van der Waals surface area contributed by atoms with Crippen LogP contribution in [0.3, 0.4) is 0 Å². The summed E-state index contributed by atoms with van der Waals surface area (Å²) in [5.74, 6) is 0. The first-order valence-corrected chi connectivity index (χ1v) is 6.24. The number of rotatable bonds is 4. The molecule has 1 amide bonds. The number of alkyl carbamates (subject to hydrolysis) is 1. The van der Waals surface area contributed by atoms with E-state index in [4.69, 9.17) is 21.7 Å². The minimum Gasteiger partial charge on any atom is -0.467 e. The zero-order valence-corrected chi connectivity index (χ0v) is 11.5. The summed E-state index contributed by atoms with van der Waals surface area (Å²) >= 11 is 6.08. The van der Waals surface area contributed by atoms with Gasteiger partial charge < -0.3 is 14.8 Å². The van der Waals surface area contributed by atoms with Gasteiger partial charge in [0.05, 0.1) is 6.54 Å². The lowest BCUT2D eigenvalue weighted by Crippen LogP contribution is -2.34. The van der Waals surface area contributed by atoms with Crippen LogP contribution in [0.25, 0.3) is 0 Å². The standard InChI is InChI=1S/C9H15N3O3S2/c1-9(2,3)15-6(13)10-4-5-14-7-11-12-8(16)17-7/h4-5H2,1-3H3,(H,10,13)(H,12,16). The molecule has 1 heterocycles. The van der Waals surface area contributed by atoms with Gasteiger partial charge in [0, 0.05) is 0 Å². The summed E-state index contributed by atoms with van der Waals surface area (Å²) < 4.78 is 10.9. The summed E-state index contributed by atoms with van der Waals surface area (Å²) in [5.41, 5.74) is -0.494. The predicted octanol–water partition coefficient (Wildman–Crippen LogP) is 2.10. The minimum atomic E-state index is -0.494. The van der Waals surface area contributed by atoms with Crippen LogP contribution in [0.2, 0.25) is 0 Å². The fraction of sp³-hybridized carbons (Fsp3) is 0.667. The Morgan fingerprint density at radius 2 is 2.29 bits per heavy atom. The second-order valence-corrected chi connectivity index (χ2v) is 5.78. The Kier molecular flexibility index (Phi) is 4.88. The number of aromatic amines is 1. The van der Waals surface area contributed by atoms with Crippen molar-refractivity contribution >= 4 is 29.6 Å². The van der Waals surface area contributed by atoms with Crippen molar-refractivity contribution in [3.05, 3.63) is 3.95 Å². The van der Waals surface area contributed by atoms with Gasteiger partial charge >= 0.3 is 6.09 Å². The second-order valence-electron chi connectivity index (χ2n) is 4.16. The highest BCUT2D eigenvalue weighted by Crippen LogP contribution is 2.13. The Labute approximate surface area is 108 Å². The molecule has 1 rings (SSSR count). The predicted molar refractivity (Wildman–Crippen MR) is 67.0 cm³/mol. The maximum atomic E-state index is 11.2. The Bertz CT molecular complexity index is 422. The van der Waals surface area contributed by atoms with E-state index in [2.05, 4.69) is 15.5 Å². The molecule has 1 aromatic heterocycles. The molecule has 0 aliphatic carbocycles. The number of ether oxygens (including phenoxy) is 2. The topological polar surface area (TPSA) is 76.2 Å². The summed E-state index contributed by atoms with van der Waals surface area (Å²) in [6.07, 6.45) is -0.462. The van der Waals surface area contributed by atoms with Crippen LogP contribution in [-0.2, 0) is 4.74 Å². The van der Waals surface area contributed by atoms with E-state index in [0.717, 1.165) is 0 Å². The molecule has 2 N–H and O–H groups in total. The molecule has 96 valence electrons. The van der Waals surface area contributed by atoms with Crippen molar-refractivity contribution in [2.45, 2.75) is 26.4 Å². The zero-order chi connectivity index (χ0) is 12.9. The van der Waals surface area contributed by atoms with Crippen LogP contribution < -0.4 is 10.1 Å². The van der Waals surface area contributed by atoms with E-state index in [-0.39, 0.29) is 0 Å². The van der Waals surface area contributed by atoms with Gasteiger partial charge in [0.2, 0.25) is 0 Å².